The minimum absolute atomic E-state index is 0.106. The molecule has 7 heteroatoms. The van der Waals surface area contributed by atoms with Gasteiger partial charge in [0, 0.05) is 6.04 Å². The molecule has 0 aliphatic rings. The third kappa shape index (κ3) is 6.14. The molecular weight excluding hydrogens is 324 g/mol. The molecule has 0 spiro atoms. The molecule has 3 amide bonds. The number of imide groups is 1. The van der Waals surface area contributed by atoms with Gasteiger partial charge in [-0.25, -0.2) is 9.59 Å². The maximum Gasteiger partial charge on any atom is 0.344 e. The topological polar surface area (TPSA) is 93.7 Å². The summed E-state index contributed by atoms with van der Waals surface area (Å²) in [6, 6.07) is 12.5. The van der Waals surface area contributed by atoms with Crippen LogP contribution in [-0.2, 0) is 14.3 Å². The second kappa shape index (κ2) is 8.68. The largest absolute Gasteiger partial charge is 0.482 e. The van der Waals surface area contributed by atoms with Crippen molar-refractivity contribution in [1.29, 1.82) is 0 Å². The lowest BCUT2D eigenvalue weighted by Gasteiger charge is -2.10. The smallest absolute Gasteiger partial charge is 0.344 e. The minimum Gasteiger partial charge on any atom is -0.482 e. The second-order valence-electron chi connectivity index (χ2n) is 5.63. The van der Waals surface area contributed by atoms with E-state index in [-0.39, 0.29) is 12.6 Å². The number of nitrogens with one attached hydrogen (secondary N) is 2. The standard InChI is InChI=1S/C18H20N2O5/c1-12(2)19-18(23)20-16(21)10-25-17(22)11-24-15-8-7-13-5-3-4-6-14(13)9-15/h3-9,12H,10-11H2,1-2H3,(H2,19,20,21,23). The van der Waals surface area contributed by atoms with Crippen LogP contribution in [0.1, 0.15) is 13.8 Å². The number of urea groups is 1. The van der Waals surface area contributed by atoms with Crippen molar-refractivity contribution in [2.45, 2.75) is 19.9 Å². The fourth-order valence-corrected chi connectivity index (χ4v) is 2.05. The zero-order chi connectivity index (χ0) is 18.2. The summed E-state index contributed by atoms with van der Waals surface area (Å²) in [6.45, 7) is 2.64. The average Bonchev–Trinajstić information content (AvgIpc) is 2.57. The Morgan fingerprint density at radius 3 is 2.44 bits per heavy atom. The van der Waals surface area contributed by atoms with Crippen molar-refractivity contribution in [1.82, 2.24) is 10.6 Å². The van der Waals surface area contributed by atoms with E-state index in [1.807, 2.05) is 36.4 Å². The number of hydrogen-bond donors (Lipinski definition) is 2. The molecule has 2 aromatic rings. The third-order valence-electron chi connectivity index (χ3n) is 3.11. The molecule has 0 unspecified atom stereocenters. The zero-order valence-electron chi connectivity index (χ0n) is 14.1. The highest BCUT2D eigenvalue weighted by atomic mass is 16.6. The van der Waals surface area contributed by atoms with Crippen LogP contribution in [0, 0.1) is 0 Å². The molecule has 0 atom stereocenters. The lowest BCUT2D eigenvalue weighted by atomic mass is 10.1. The van der Waals surface area contributed by atoms with Gasteiger partial charge in [0.05, 0.1) is 0 Å². The van der Waals surface area contributed by atoms with Gasteiger partial charge in [-0.2, -0.15) is 0 Å². The Balaban J connectivity index is 1.74. The van der Waals surface area contributed by atoms with E-state index in [1.165, 1.54) is 0 Å². The Morgan fingerprint density at radius 2 is 1.72 bits per heavy atom. The fourth-order valence-electron chi connectivity index (χ4n) is 2.05. The van der Waals surface area contributed by atoms with Crippen LogP contribution in [0.2, 0.25) is 0 Å². The fraction of sp³-hybridized carbons (Fsp3) is 0.278. The zero-order valence-corrected chi connectivity index (χ0v) is 14.1. The third-order valence-corrected chi connectivity index (χ3v) is 3.11. The van der Waals surface area contributed by atoms with Crippen molar-refractivity contribution < 1.29 is 23.9 Å². The van der Waals surface area contributed by atoms with Crippen molar-refractivity contribution in [2.24, 2.45) is 0 Å². The Labute approximate surface area is 145 Å². The number of rotatable bonds is 6. The molecule has 0 fully saturated rings. The summed E-state index contributed by atoms with van der Waals surface area (Å²) in [7, 11) is 0. The van der Waals surface area contributed by atoms with Crippen LogP contribution in [0.4, 0.5) is 4.79 Å². The molecular formula is C18H20N2O5. The highest BCUT2D eigenvalue weighted by Crippen LogP contribution is 2.20. The van der Waals surface area contributed by atoms with E-state index in [4.69, 9.17) is 9.47 Å². The van der Waals surface area contributed by atoms with Crippen LogP contribution < -0.4 is 15.4 Å². The normalized spacial score (nSPS) is 10.4. The number of ether oxygens (including phenoxy) is 2. The van der Waals surface area contributed by atoms with Crippen LogP contribution in [-0.4, -0.2) is 37.2 Å². The number of carbonyl (C=O) groups excluding carboxylic acids is 3. The van der Waals surface area contributed by atoms with Gasteiger partial charge in [-0.1, -0.05) is 30.3 Å². The highest BCUT2D eigenvalue weighted by Gasteiger charge is 2.12. The van der Waals surface area contributed by atoms with Gasteiger partial charge in [-0.15, -0.1) is 0 Å². The van der Waals surface area contributed by atoms with Gasteiger partial charge in [0.2, 0.25) is 0 Å². The molecule has 0 saturated heterocycles. The number of fused-ring (bicyclic) bond motifs is 1. The van der Waals surface area contributed by atoms with Crippen molar-refractivity contribution in [2.75, 3.05) is 13.2 Å². The molecule has 2 aromatic carbocycles. The lowest BCUT2D eigenvalue weighted by Crippen LogP contribution is -2.44. The van der Waals surface area contributed by atoms with Crippen LogP contribution in [0.5, 0.6) is 5.75 Å². The minimum atomic E-state index is -0.711. The predicted octanol–water partition coefficient (Wildman–Crippen LogP) is 2.00. The van der Waals surface area contributed by atoms with Crippen molar-refractivity contribution in [3.8, 4) is 5.75 Å². The van der Waals surface area contributed by atoms with E-state index in [9.17, 15) is 14.4 Å². The molecule has 0 aliphatic carbocycles. The van der Waals surface area contributed by atoms with E-state index >= 15 is 0 Å². The van der Waals surface area contributed by atoms with Gasteiger partial charge in [-0.05, 0) is 36.8 Å². The molecule has 2 rings (SSSR count). The molecule has 132 valence electrons. The number of esters is 1. The molecule has 2 N–H and O–H groups in total. The SMILES string of the molecule is CC(C)NC(=O)NC(=O)COC(=O)COc1ccc2ccccc2c1. The molecule has 0 heterocycles. The second-order valence-corrected chi connectivity index (χ2v) is 5.63. The van der Waals surface area contributed by atoms with Gasteiger partial charge in [0.1, 0.15) is 5.75 Å². The number of benzene rings is 2. The number of hydrogen-bond acceptors (Lipinski definition) is 5. The highest BCUT2D eigenvalue weighted by molar-refractivity contribution is 5.95. The summed E-state index contributed by atoms with van der Waals surface area (Å²) in [5, 5.41) is 6.59. The van der Waals surface area contributed by atoms with E-state index in [2.05, 4.69) is 10.6 Å². The van der Waals surface area contributed by atoms with Crippen LogP contribution in [0.15, 0.2) is 42.5 Å². The van der Waals surface area contributed by atoms with Gasteiger partial charge in [0.25, 0.3) is 5.91 Å². The lowest BCUT2D eigenvalue weighted by molar-refractivity contribution is -0.150. The molecule has 0 aromatic heterocycles. The van der Waals surface area contributed by atoms with Crippen molar-refractivity contribution >= 4 is 28.7 Å². The molecule has 0 aliphatic heterocycles. The van der Waals surface area contributed by atoms with Crippen molar-refractivity contribution in [3.63, 3.8) is 0 Å². The van der Waals surface area contributed by atoms with E-state index in [0.717, 1.165) is 10.8 Å². The number of amides is 3. The average molecular weight is 344 g/mol. The first-order chi connectivity index (χ1) is 11.9. The Morgan fingerprint density at radius 1 is 1.00 bits per heavy atom. The Kier molecular flexibility index (Phi) is 6.33. The van der Waals surface area contributed by atoms with Crippen LogP contribution >= 0.6 is 0 Å². The summed E-state index contributed by atoms with van der Waals surface area (Å²) in [5.74, 6) is -0.888. The van der Waals surface area contributed by atoms with Crippen LogP contribution in [0.3, 0.4) is 0 Å². The molecule has 0 bridgehead atoms. The summed E-state index contributed by atoms with van der Waals surface area (Å²) in [6.07, 6.45) is 0. The maximum absolute atomic E-state index is 11.6. The first-order valence-electron chi connectivity index (χ1n) is 7.81. The van der Waals surface area contributed by atoms with Gasteiger partial charge in [0.15, 0.2) is 13.2 Å². The predicted molar refractivity (Wildman–Crippen MR) is 92.2 cm³/mol. The quantitative estimate of drug-likeness (QED) is 0.782. The van der Waals surface area contributed by atoms with Crippen molar-refractivity contribution in [3.05, 3.63) is 42.5 Å². The molecule has 0 saturated carbocycles. The molecule has 7 nitrogen and oxygen atoms in total. The van der Waals surface area contributed by atoms with E-state index < -0.39 is 24.5 Å². The first-order valence-corrected chi connectivity index (χ1v) is 7.81. The molecule has 0 radical (unpaired) electrons. The van der Waals surface area contributed by atoms with Gasteiger partial charge >= 0.3 is 12.0 Å². The van der Waals surface area contributed by atoms with Crippen LogP contribution in [0.25, 0.3) is 10.8 Å². The summed E-state index contributed by atoms with van der Waals surface area (Å²) >= 11 is 0. The van der Waals surface area contributed by atoms with Gasteiger partial charge in [-0.3, -0.25) is 10.1 Å². The monoisotopic (exact) mass is 344 g/mol. The Bertz CT molecular complexity index is 773. The summed E-state index contributed by atoms with van der Waals surface area (Å²) in [5.41, 5.74) is 0. The summed E-state index contributed by atoms with van der Waals surface area (Å²) < 4.78 is 10.1. The van der Waals surface area contributed by atoms with Gasteiger partial charge < -0.3 is 14.8 Å². The van der Waals surface area contributed by atoms with E-state index in [1.54, 1.807) is 19.9 Å². The maximum atomic E-state index is 11.6. The first kappa shape index (κ1) is 18.3. The summed E-state index contributed by atoms with van der Waals surface area (Å²) in [4.78, 5) is 34.4. The Hall–Kier alpha value is -3.09. The molecule has 25 heavy (non-hydrogen) atoms. The van der Waals surface area contributed by atoms with E-state index in [0.29, 0.717) is 5.75 Å². The number of carbonyl (C=O) groups is 3.